The summed E-state index contributed by atoms with van der Waals surface area (Å²) in [5, 5.41) is 9.89. The standard InChI is InChI=1S/C19H21N3O3/c1-5-22(6-2)16-8-7-13-9-14(19(24)25-17(13)11-16)10-15(12-20)18(23)21(3)4/h7-11H,5-6H2,1-4H3/b15-10+. The summed E-state index contributed by atoms with van der Waals surface area (Å²) in [6.07, 6.45) is 1.27. The van der Waals surface area contributed by atoms with Gasteiger partial charge in [-0.3, -0.25) is 4.79 Å². The summed E-state index contributed by atoms with van der Waals surface area (Å²) in [5.41, 5.74) is 0.934. The monoisotopic (exact) mass is 339 g/mol. The van der Waals surface area contributed by atoms with E-state index in [2.05, 4.69) is 18.7 Å². The molecule has 130 valence electrons. The number of hydrogen-bond acceptors (Lipinski definition) is 5. The summed E-state index contributed by atoms with van der Waals surface area (Å²) in [7, 11) is 3.09. The molecule has 0 saturated heterocycles. The van der Waals surface area contributed by atoms with E-state index in [9.17, 15) is 9.59 Å². The maximum atomic E-state index is 12.2. The van der Waals surface area contributed by atoms with Crippen molar-refractivity contribution in [2.75, 3.05) is 32.1 Å². The number of nitrogens with zero attached hydrogens (tertiary/aromatic N) is 3. The molecule has 0 fully saturated rings. The zero-order valence-corrected chi connectivity index (χ0v) is 14.9. The minimum Gasteiger partial charge on any atom is -0.422 e. The number of likely N-dealkylation sites (N-methyl/N-ethyl adjacent to an activating group) is 1. The van der Waals surface area contributed by atoms with Gasteiger partial charge in [0.05, 0.1) is 5.56 Å². The SMILES string of the molecule is CCN(CC)c1ccc2cc(/C=C(\C#N)C(=O)N(C)C)c(=O)oc2c1. The first kappa shape index (κ1) is 18.3. The number of nitriles is 1. The van der Waals surface area contributed by atoms with Gasteiger partial charge in [-0.2, -0.15) is 5.26 Å². The molecule has 0 spiro atoms. The van der Waals surface area contributed by atoms with Gasteiger partial charge in [0.25, 0.3) is 5.91 Å². The summed E-state index contributed by atoms with van der Waals surface area (Å²) in [6, 6.07) is 9.11. The molecule has 0 radical (unpaired) electrons. The zero-order valence-electron chi connectivity index (χ0n) is 14.9. The molecule has 0 saturated carbocycles. The molecule has 0 aliphatic rings. The van der Waals surface area contributed by atoms with Crippen LogP contribution in [-0.4, -0.2) is 38.0 Å². The third kappa shape index (κ3) is 3.89. The van der Waals surface area contributed by atoms with Crippen LogP contribution in [0.4, 0.5) is 5.69 Å². The lowest BCUT2D eigenvalue weighted by molar-refractivity contribution is -0.124. The first-order valence-electron chi connectivity index (χ1n) is 8.07. The lowest BCUT2D eigenvalue weighted by Crippen LogP contribution is -2.23. The Bertz CT molecular complexity index is 916. The van der Waals surface area contributed by atoms with E-state index in [-0.39, 0.29) is 11.1 Å². The van der Waals surface area contributed by atoms with Crippen molar-refractivity contribution >= 4 is 28.6 Å². The van der Waals surface area contributed by atoms with Crippen molar-refractivity contribution in [3.05, 3.63) is 45.8 Å². The molecular weight excluding hydrogens is 318 g/mol. The first-order valence-corrected chi connectivity index (χ1v) is 8.07. The van der Waals surface area contributed by atoms with Crippen LogP contribution in [0.25, 0.3) is 17.0 Å². The van der Waals surface area contributed by atoms with Gasteiger partial charge in [-0.05, 0) is 38.1 Å². The van der Waals surface area contributed by atoms with Gasteiger partial charge in [-0.1, -0.05) is 0 Å². The molecule has 0 aliphatic carbocycles. The summed E-state index contributed by atoms with van der Waals surface area (Å²) >= 11 is 0. The summed E-state index contributed by atoms with van der Waals surface area (Å²) < 4.78 is 5.40. The minimum absolute atomic E-state index is 0.114. The van der Waals surface area contributed by atoms with Gasteiger partial charge in [-0.25, -0.2) is 4.79 Å². The van der Waals surface area contributed by atoms with Crippen LogP contribution in [0.3, 0.4) is 0 Å². The Balaban J connectivity index is 2.53. The van der Waals surface area contributed by atoms with Crippen molar-refractivity contribution < 1.29 is 9.21 Å². The summed E-state index contributed by atoms with van der Waals surface area (Å²) in [5.74, 6) is -0.459. The average molecular weight is 339 g/mol. The highest BCUT2D eigenvalue weighted by atomic mass is 16.4. The number of hydrogen-bond donors (Lipinski definition) is 0. The maximum Gasteiger partial charge on any atom is 0.343 e. The van der Waals surface area contributed by atoms with E-state index in [1.54, 1.807) is 20.2 Å². The normalized spacial score (nSPS) is 11.2. The first-order chi connectivity index (χ1) is 11.9. The average Bonchev–Trinajstić information content (AvgIpc) is 2.60. The number of rotatable bonds is 5. The van der Waals surface area contributed by atoms with Gasteiger partial charge < -0.3 is 14.2 Å². The van der Waals surface area contributed by atoms with Gasteiger partial charge >= 0.3 is 5.63 Å². The number of carbonyl (C=O) groups excluding carboxylic acids is 1. The van der Waals surface area contributed by atoms with E-state index >= 15 is 0 Å². The number of anilines is 1. The van der Waals surface area contributed by atoms with Gasteiger partial charge in [0, 0.05) is 44.3 Å². The van der Waals surface area contributed by atoms with E-state index in [0.29, 0.717) is 5.58 Å². The smallest absolute Gasteiger partial charge is 0.343 e. The molecule has 1 heterocycles. The quantitative estimate of drug-likeness (QED) is 0.475. The molecule has 1 amide bonds. The van der Waals surface area contributed by atoms with Crippen LogP contribution in [0.15, 0.2) is 39.1 Å². The molecule has 0 unspecified atom stereocenters. The Morgan fingerprint density at radius 3 is 2.48 bits per heavy atom. The fourth-order valence-corrected chi connectivity index (χ4v) is 2.54. The highest BCUT2D eigenvalue weighted by Gasteiger charge is 2.13. The molecule has 25 heavy (non-hydrogen) atoms. The van der Waals surface area contributed by atoms with E-state index in [1.165, 1.54) is 11.0 Å². The number of carbonyl (C=O) groups is 1. The third-order valence-corrected chi connectivity index (χ3v) is 3.93. The zero-order chi connectivity index (χ0) is 18.6. The van der Waals surface area contributed by atoms with Crippen molar-refractivity contribution in [2.45, 2.75) is 13.8 Å². The second-order valence-electron chi connectivity index (χ2n) is 5.75. The fraction of sp³-hybridized carbons (Fsp3) is 0.316. The molecule has 0 N–H and O–H groups in total. The van der Waals surface area contributed by atoms with E-state index in [4.69, 9.17) is 9.68 Å². The predicted molar refractivity (Wildman–Crippen MR) is 98.3 cm³/mol. The topological polar surface area (TPSA) is 77.5 Å². The van der Waals surface area contributed by atoms with Crippen LogP contribution in [0.5, 0.6) is 0 Å². The van der Waals surface area contributed by atoms with Gasteiger partial charge in [-0.15, -0.1) is 0 Å². The molecule has 2 aromatic rings. The van der Waals surface area contributed by atoms with Crippen molar-refractivity contribution in [3.8, 4) is 6.07 Å². The highest BCUT2D eigenvalue weighted by molar-refractivity contribution is 6.01. The maximum absolute atomic E-state index is 12.2. The number of amides is 1. The number of fused-ring (bicyclic) bond motifs is 1. The van der Waals surface area contributed by atoms with Crippen molar-refractivity contribution in [3.63, 3.8) is 0 Å². The Morgan fingerprint density at radius 2 is 1.92 bits per heavy atom. The van der Waals surface area contributed by atoms with Crippen molar-refractivity contribution in [2.24, 2.45) is 0 Å². The molecule has 1 aromatic carbocycles. The van der Waals surface area contributed by atoms with E-state index < -0.39 is 11.5 Å². The van der Waals surface area contributed by atoms with Crippen LogP contribution in [0, 0.1) is 11.3 Å². The van der Waals surface area contributed by atoms with Crippen LogP contribution < -0.4 is 10.5 Å². The molecular formula is C19H21N3O3. The molecule has 0 atom stereocenters. The second-order valence-corrected chi connectivity index (χ2v) is 5.75. The van der Waals surface area contributed by atoms with E-state index in [0.717, 1.165) is 24.2 Å². The summed E-state index contributed by atoms with van der Waals surface area (Å²) in [4.78, 5) is 27.6. The Morgan fingerprint density at radius 1 is 1.24 bits per heavy atom. The summed E-state index contributed by atoms with van der Waals surface area (Å²) in [6.45, 7) is 5.82. The largest absolute Gasteiger partial charge is 0.422 e. The van der Waals surface area contributed by atoms with Crippen LogP contribution in [-0.2, 0) is 4.79 Å². The minimum atomic E-state index is -0.580. The lowest BCUT2D eigenvalue weighted by Gasteiger charge is -2.20. The highest BCUT2D eigenvalue weighted by Crippen LogP contribution is 2.22. The van der Waals surface area contributed by atoms with Gasteiger partial charge in [0.1, 0.15) is 17.2 Å². The molecule has 6 nitrogen and oxygen atoms in total. The lowest BCUT2D eigenvalue weighted by atomic mass is 10.1. The van der Waals surface area contributed by atoms with Crippen LogP contribution >= 0.6 is 0 Å². The molecule has 0 aliphatic heterocycles. The molecule has 0 bridgehead atoms. The molecule has 2 rings (SSSR count). The second kappa shape index (κ2) is 7.67. The number of benzene rings is 1. The van der Waals surface area contributed by atoms with Crippen LogP contribution in [0.1, 0.15) is 19.4 Å². The van der Waals surface area contributed by atoms with Crippen molar-refractivity contribution in [1.29, 1.82) is 5.26 Å². The Hall–Kier alpha value is -3.07. The fourth-order valence-electron chi connectivity index (χ4n) is 2.54. The van der Waals surface area contributed by atoms with Crippen LogP contribution in [0.2, 0.25) is 0 Å². The molecule has 6 heteroatoms. The van der Waals surface area contributed by atoms with Crippen molar-refractivity contribution in [1.82, 2.24) is 4.90 Å². The predicted octanol–water partition coefficient (Wildman–Crippen LogP) is 2.63. The Labute approximate surface area is 146 Å². The molecule has 1 aromatic heterocycles. The van der Waals surface area contributed by atoms with Gasteiger partial charge in [0.15, 0.2) is 0 Å². The van der Waals surface area contributed by atoms with Gasteiger partial charge in [0.2, 0.25) is 0 Å². The van der Waals surface area contributed by atoms with E-state index in [1.807, 2.05) is 24.3 Å². The third-order valence-electron chi connectivity index (χ3n) is 3.93. The Kier molecular flexibility index (Phi) is 5.60.